The summed E-state index contributed by atoms with van der Waals surface area (Å²) < 4.78 is 43.3. The number of pyridine rings is 1. The second-order valence-electron chi connectivity index (χ2n) is 8.93. The van der Waals surface area contributed by atoms with Crippen molar-refractivity contribution < 1.29 is 18.0 Å². The van der Waals surface area contributed by atoms with Crippen molar-refractivity contribution in [1.29, 1.82) is 5.26 Å². The first kappa shape index (κ1) is 25.5. The fourth-order valence-corrected chi connectivity index (χ4v) is 4.82. The lowest BCUT2D eigenvalue weighted by atomic mass is 10.0. The van der Waals surface area contributed by atoms with Crippen LogP contribution < -0.4 is 5.32 Å². The number of nitrogens with zero attached hydrogens (tertiary/aromatic N) is 4. The number of nitriles is 1. The highest BCUT2D eigenvalue weighted by Gasteiger charge is 2.27. The summed E-state index contributed by atoms with van der Waals surface area (Å²) in [5, 5.41) is 12.2. The van der Waals surface area contributed by atoms with Crippen LogP contribution in [0.3, 0.4) is 0 Å². The molecule has 192 valence electrons. The average Bonchev–Trinajstić information content (AvgIpc) is 3.20. The summed E-state index contributed by atoms with van der Waals surface area (Å²) in [6, 6.07) is 11.4. The Morgan fingerprint density at radius 2 is 2.00 bits per heavy atom. The number of rotatable bonds is 5. The zero-order chi connectivity index (χ0) is 26.8. The zero-order valence-electron chi connectivity index (χ0n) is 20.0. The molecule has 4 aromatic rings. The molecule has 6 nitrogen and oxygen atoms in total. The summed E-state index contributed by atoms with van der Waals surface area (Å²) in [6.45, 7) is 1.74. The lowest BCUT2D eigenvalue weighted by molar-refractivity contribution is 0.240. The SMILES string of the molecule is N#Cc1ccc(C=CCN2CCc3c(c4cc(F)c(Cl)cc4n3C(=O)NCc3ccnc(F)c3)C2)cc1F. The molecule has 0 saturated heterocycles. The molecule has 10 heteroatoms. The third kappa shape index (κ3) is 5.14. The summed E-state index contributed by atoms with van der Waals surface area (Å²) in [5.41, 5.74) is 3.26. The van der Waals surface area contributed by atoms with Gasteiger partial charge in [-0.25, -0.2) is 18.6 Å². The van der Waals surface area contributed by atoms with E-state index in [9.17, 15) is 18.0 Å². The molecule has 2 aromatic heterocycles. The Morgan fingerprint density at radius 3 is 2.76 bits per heavy atom. The van der Waals surface area contributed by atoms with E-state index in [4.69, 9.17) is 16.9 Å². The maximum atomic E-state index is 14.5. The van der Waals surface area contributed by atoms with Crippen molar-refractivity contribution in [1.82, 2.24) is 19.8 Å². The number of fused-ring (bicyclic) bond motifs is 3. The van der Waals surface area contributed by atoms with Crippen LogP contribution in [0.15, 0.2) is 54.7 Å². The Balaban J connectivity index is 1.38. The first-order valence-corrected chi connectivity index (χ1v) is 12.2. The van der Waals surface area contributed by atoms with E-state index in [0.29, 0.717) is 48.1 Å². The van der Waals surface area contributed by atoms with Crippen molar-refractivity contribution in [2.24, 2.45) is 0 Å². The Kier molecular flexibility index (Phi) is 7.18. The Labute approximate surface area is 221 Å². The van der Waals surface area contributed by atoms with E-state index in [-0.39, 0.29) is 17.1 Å². The van der Waals surface area contributed by atoms with Gasteiger partial charge in [-0.3, -0.25) is 9.47 Å². The Bertz CT molecular complexity index is 1630. The van der Waals surface area contributed by atoms with Gasteiger partial charge in [0.1, 0.15) is 17.7 Å². The number of carbonyl (C=O) groups excluding carboxylic acids is 1. The normalized spacial score (nSPS) is 13.6. The molecule has 0 unspecified atom stereocenters. The second-order valence-corrected chi connectivity index (χ2v) is 9.34. The van der Waals surface area contributed by atoms with Crippen LogP contribution in [0.4, 0.5) is 18.0 Å². The molecule has 0 bridgehead atoms. The van der Waals surface area contributed by atoms with Gasteiger partial charge in [-0.15, -0.1) is 0 Å². The van der Waals surface area contributed by atoms with E-state index in [1.807, 2.05) is 6.08 Å². The number of aromatic nitrogens is 2. The minimum absolute atomic E-state index is 0.00795. The van der Waals surface area contributed by atoms with Crippen LogP contribution in [0.5, 0.6) is 0 Å². The summed E-state index contributed by atoms with van der Waals surface area (Å²) >= 11 is 6.07. The zero-order valence-corrected chi connectivity index (χ0v) is 20.8. The van der Waals surface area contributed by atoms with Gasteiger partial charge in [-0.05, 0) is 53.1 Å². The first-order valence-electron chi connectivity index (χ1n) is 11.8. The molecule has 5 rings (SSSR count). The van der Waals surface area contributed by atoms with E-state index < -0.39 is 23.6 Å². The predicted octanol–water partition coefficient (Wildman–Crippen LogP) is 5.81. The summed E-state index contributed by atoms with van der Waals surface area (Å²) in [6.07, 6.45) is 5.52. The quantitative estimate of drug-likeness (QED) is 0.327. The minimum atomic E-state index is -0.638. The van der Waals surface area contributed by atoms with Crippen LogP contribution in [0.25, 0.3) is 17.0 Å². The van der Waals surface area contributed by atoms with Crippen LogP contribution in [0, 0.1) is 28.9 Å². The van der Waals surface area contributed by atoms with Gasteiger partial charge in [0, 0.05) is 49.9 Å². The van der Waals surface area contributed by atoms with Crippen molar-refractivity contribution in [3.8, 4) is 6.07 Å². The van der Waals surface area contributed by atoms with Crippen LogP contribution in [-0.2, 0) is 19.5 Å². The number of amides is 1. The van der Waals surface area contributed by atoms with Gasteiger partial charge >= 0.3 is 6.03 Å². The van der Waals surface area contributed by atoms with Gasteiger partial charge in [-0.1, -0.05) is 29.8 Å². The molecular formula is C28H21ClF3N5O. The first-order chi connectivity index (χ1) is 18.3. The molecular weight excluding hydrogens is 515 g/mol. The summed E-state index contributed by atoms with van der Waals surface area (Å²) in [7, 11) is 0. The lowest BCUT2D eigenvalue weighted by Crippen LogP contribution is -2.34. The third-order valence-corrected chi connectivity index (χ3v) is 6.78. The van der Waals surface area contributed by atoms with Crippen LogP contribution in [0.2, 0.25) is 5.02 Å². The van der Waals surface area contributed by atoms with Crippen molar-refractivity contribution >= 4 is 34.6 Å². The number of carbonyl (C=O) groups is 1. The van der Waals surface area contributed by atoms with E-state index in [1.54, 1.807) is 24.3 Å². The van der Waals surface area contributed by atoms with E-state index in [1.165, 1.54) is 41.1 Å². The van der Waals surface area contributed by atoms with E-state index in [0.717, 1.165) is 11.3 Å². The highest BCUT2D eigenvalue weighted by molar-refractivity contribution is 6.31. The van der Waals surface area contributed by atoms with Crippen LogP contribution in [-0.4, -0.2) is 33.6 Å². The number of hydrogen-bond acceptors (Lipinski definition) is 4. The molecule has 1 amide bonds. The highest BCUT2D eigenvalue weighted by atomic mass is 35.5. The van der Waals surface area contributed by atoms with Crippen molar-refractivity contribution in [3.63, 3.8) is 0 Å². The largest absolute Gasteiger partial charge is 0.333 e. The monoisotopic (exact) mass is 535 g/mol. The molecule has 0 fully saturated rings. The molecule has 38 heavy (non-hydrogen) atoms. The maximum absolute atomic E-state index is 14.5. The molecule has 0 aliphatic carbocycles. The minimum Gasteiger partial charge on any atom is -0.333 e. The summed E-state index contributed by atoms with van der Waals surface area (Å²) in [4.78, 5) is 18.9. The fraction of sp³-hybridized carbons (Fsp3) is 0.179. The van der Waals surface area contributed by atoms with E-state index in [2.05, 4.69) is 15.2 Å². The smallest absolute Gasteiger partial charge is 0.326 e. The predicted molar refractivity (Wildman–Crippen MR) is 138 cm³/mol. The molecule has 0 saturated carbocycles. The average molecular weight is 536 g/mol. The van der Waals surface area contributed by atoms with Crippen molar-refractivity contribution in [3.05, 3.63) is 105 Å². The maximum Gasteiger partial charge on any atom is 0.326 e. The van der Waals surface area contributed by atoms with Gasteiger partial charge in [0.2, 0.25) is 5.95 Å². The van der Waals surface area contributed by atoms with Gasteiger partial charge in [0.15, 0.2) is 0 Å². The second kappa shape index (κ2) is 10.7. The third-order valence-electron chi connectivity index (χ3n) is 6.49. The van der Waals surface area contributed by atoms with Gasteiger partial charge in [-0.2, -0.15) is 9.65 Å². The fourth-order valence-electron chi connectivity index (χ4n) is 4.67. The molecule has 1 aliphatic rings. The van der Waals surface area contributed by atoms with Gasteiger partial charge in [0.05, 0.1) is 16.1 Å². The van der Waals surface area contributed by atoms with Crippen molar-refractivity contribution in [2.75, 3.05) is 13.1 Å². The standard InChI is InChI=1S/C28H21ClF3N5O/c29-22-13-26-20(12-24(22)31)21-16-36(8-1-2-17-3-4-19(14-33)23(30)10-17)9-6-25(21)37(26)28(38)35-15-18-5-7-34-27(32)11-18/h1-5,7,10-13H,6,8-9,15-16H2,(H,35,38). The molecule has 0 atom stereocenters. The van der Waals surface area contributed by atoms with Crippen LogP contribution >= 0.6 is 11.6 Å². The highest BCUT2D eigenvalue weighted by Crippen LogP contribution is 2.34. The topological polar surface area (TPSA) is 74.0 Å². The molecule has 3 heterocycles. The van der Waals surface area contributed by atoms with Gasteiger partial charge < -0.3 is 5.32 Å². The molecule has 0 radical (unpaired) electrons. The molecule has 1 N–H and O–H groups in total. The van der Waals surface area contributed by atoms with Gasteiger partial charge in [0.25, 0.3) is 0 Å². The number of hydrogen-bond donors (Lipinski definition) is 1. The molecule has 2 aromatic carbocycles. The van der Waals surface area contributed by atoms with E-state index >= 15 is 0 Å². The number of halogens is 4. The Morgan fingerprint density at radius 1 is 1.16 bits per heavy atom. The molecule has 0 spiro atoms. The van der Waals surface area contributed by atoms with Crippen molar-refractivity contribution in [2.45, 2.75) is 19.5 Å². The number of nitrogens with one attached hydrogen (secondary N) is 1. The Hall–Kier alpha value is -4.13. The summed E-state index contributed by atoms with van der Waals surface area (Å²) in [5.74, 6) is -1.79. The van der Waals surface area contributed by atoms with Crippen LogP contribution in [0.1, 0.15) is 27.9 Å². The lowest BCUT2D eigenvalue weighted by Gasteiger charge is -2.27. The molecule has 1 aliphatic heterocycles. The number of benzene rings is 2.